The molecule has 1 aliphatic heterocycles. The van der Waals surface area contributed by atoms with Crippen molar-refractivity contribution in [3.05, 3.63) is 41.1 Å². The van der Waals surface area contributed by atoms with Gasteiger partial charge in [-0.1, -0.05) is 36.5 Å². The lowest BCUT2D eigenvalue weighted by Gasteiger charge is -2.12. The van der Waals surface area contributed by atoms with Gasteiger partial charge < -0.3 is 4.90 Å². The molecule has 2 heterocycles. The molecule has 0 N–H and O–H groups in total. The molecule has 0 atom stereocenters. The average Bonchev–Trinajstić information content (AvgIpc) is 3.02. The van der Waals surface area contributed by atoms with Gasteiger partial charge in [-0.05, 0) is 63.2 Å². The second-order valence-electron chi connectivity index (χ2n) is 7.09. The predicted molar refractivity (Wildman–Crippen MR) is 100 cm³/mol. The van der Waals surface area contributed by atoms with Crippen molar-refractivity contribution in [3.8, 4) is 11.8 Å². The van der Waals surface area contributed by atoms with E-state index in [-0.39, 0.29) is 0 Å². The number of rotatable bonds is 2. The third kappa shape index (κ3) is 3.32. The molecule has 2 aromatic rings. The van der Waals surface area contributed by atoms with Crippen molar-refractivity contribution >= 4 is 10.9 Å². The summed E-state index contributed by atoms with van der Waals surface area (Å²) in [5.41, 5.74) is 5.11. The van der Waals surface area contributed by atoms with Gasteiger partial charge in [0.05, 0.1) is 5.52 Å². The molecular formula is C22H26N2. The molecule has 0 radical (unpaired) electrons. The molecule has 4 rings (SSSR count). The Morgan fingerprint density at radius 2 is 1.79 bits per heavy atom. The maximum Gasteiger partial charge on any atom is 0.0718 e. The molecule has 0 bridgehead atoms. The second kappa shape index (κ2) is 7.36. The largest absolute Gasteiger partial charge is 0.302 e. The summed E-state index contributed by atoms with van der Waals surface area (Å²) in [6.45, 7) is 3.64. The summed E-state index contributed by atoms with van der Waals surface area (Å²) in [6, 6.07) is 8.53. The lowest BCUT2D eigenvalue weighted by atomic mass is 9.97. The van der Waals surface area contributed by atoms with E-state index >= 15 is 0 Å². The molecule has 0 amide bonds. The Hall–Kier alpha value is -1.85. The topological polar surface area (TPSA) is 16.1 Å². The molecule has 1 aromatic heterocycles. The Labute approximate surface area is 145 Å². The zero-order chi connectivity index (χ0) is 16.2. The first kappa shape index (κ1) is 15.7. The molecule has 1 fully saturated rings. The van der Waals surface area contributed by atoms with Gasteiger partial charge in [-0.3, -0.25) is 4.98 Å². The first-order valence-electron chi connectivity index (χ1n) is 9.53. The van der Waals surface area contributed by atoms with Gasteiger partial charge in [-0.25, -0.2) is 0 Å². The highest BCUT2D eigenvalue weighted by Crippen LogP contribution is 2.28. The van der Waals surface area contributed by atoms with E-state index in [0.29, 0.717) is 0 Å². The number of hydrogen-bond donors (Lipinski definition) is 0. The number of para-hydroxylation sites is 1. The molecule has 124 valence electrons. The van der Waals surface area contributed by atoms with Gasteiger partial charge in [0.1, 0.15) is 0 Å². The fourth-order valence-corrected chi connectivity index (χ4v) is 4.06. The van der Waals surface area contributed by atoms with Crippen LogP contribution in [0.1, 0.15) is 55.3 Å². The zero-order valence-electron chi connectivity index (χ0n) is 14.5. The summed E-state index contributed by atoms with van der Waals surface area (Å²) in [7, 11) is 0. The predicted octanol–water partition coefficient (Wildman–Crippen LogP) is 4.34. The molecule has 0 spiro atoms. The summed E-state index contributed by atoms with van der Waals surface area (Å²) in [4.78, 5) is 7.49. The second-order valence-corrected chi connectivity index (χ2v) is 7.09. The van der Waals surface area contributed by atoms with E-state index in [0.717, 1.165) is 31.3 Å². The number of pyridine rings is 1. The summed E-state index contributed by atoms with van der Waals surface area (Å²) < 4.78 is 0. The van der Waals surface area contributed by atoms with Gasteiger partial charge >= 0.3 is 0 Å². The number of aromatic nitrogens is 1. The molecule has 0 saturated carbocycles. The van der Waals surface area contributed by atoms with Crippen LogP contribution in [0.15, 0.2) is 24.3 Å². The molecule has 1 saturated heterocycles. The van der Waals surface area contributed by atoms with Crippen LogP contribution in [0.3, 0.4) is 0 Å². The molecule has 2 aliphatic rings. The van der Waals surface area contributed by atoms with E-state index in [1.165, 1.54) is 67.4 Å². The third-order valence-electron chi connectivity index (χ3n) is 5.38. The van der Waals surface area contributed by atoms with Crippen molar-refractivity contribution in [1.82, 2.24) is 9.88 Å². The first-order chi connectivity index (χ1) is 11.9. The van der Waals surface area contributed by atoms with Crippen LogP contribution in [-0.4, -0.2) is 29.5 Å². The first-order valence-corrected chi connectivity index (χ1v) is 9.53. The summed E-state index contributed by atoms with van der Waals surface area (Å²) >= 11 is 0. The fraction of sp³-hybridized carbons (Fsp3) is 0.500. The van der Waals surface area contributed by atoms with Gasteiger partial charge in [0.15, 0.2) is 0 Å². The van der Waals surface area contributed by atoms with Gasteiger partial charge in [0.2, 0.25) is 0 Å². The minimum Gasteiger partial charge on any atom is -0.302 e. The van der Waals surface area contributed by atoms with Crippen LogP contribution in [-0.2, 0) is 12.8 Å². The van der Waals surface area contributed by atoms with Crippen LogP contribution in [0.4, 0.5) is 0 Å². The van der Waals surface area contributed by atoms with E-state index in [4.69, 9.17) is 4.98 Å². The van der Waals surface area contributed by atoms with E-state index in [9.17, 15) is 0 Å². The van der Waals surface area contributed by atoms with Crippen molar-refractivity contribution in [3.63, 3.8) is 0 Å². The van der Waals surface area contributed by atoms with Crippen molar-refractivity contribution < 1.29 is 0 Å². The molecule has 0 unspecified atom stereocenters. The fourth-order valence-electron chi connectivity index (χ4n) is 4.06. The van der Waals surface area contributed by atoms with Crippen molar-refractivity contribution in [1.29, 1.82) is 0 Å². The highest BCUT2D eigenvalue weighted by atomic mass is 15.1. The number of aryl methyl sites for hydroxylation is 1. The van der Waals surface area contributed by atoms with Crippen LogP contribution in [0.25, 0.3) is 10.9 Å². The van der Waals surface area contributed by atoms with Crippen LogP contribution < -0.4 is 0 Å². The van der Waals surface area contributed by atoms with E-state index in [2.05, 4.69) is 41.0 Å². The number of hydrogen-bond acceptors (Lipinski definition) is 2. The molecular weight excluding hydrogens is 292 g/mol. The summed E-state index contributed by atoms with van der Waals surface area (Å²) in [5.74, 6) is 7.02. The monoisotopic (exact) mass is 318 g/mol. The lowest BCUT2D eigenvalue weighted by molar-refractivity contribution is 0.348. The third-order valence-corrected chi connectivity index (χ3v) is 5.38. The molecule has 1 aromatic carbocycles. The quantitative estimate of drug-likeness (QED) is 0.605. The Morgan fingerprint density at radius 3 is 2.71 bits per heavy atom. The summed E-state index contributed by atoms with van der Waals surface area (Å²) in [6.07, 6.45) is 9.80. The minimum absolute atomic E-state index is 0.978. The Balaban J connectivity index is 1.66. The molecule has 24 heavy (non-hydrogen) atoms. The molecule has 2 nitrogen and oxygen atoms in total. The molecule has 1 aliphatic carbocycles. The number of nitrogens with zero attached hydrogens (tertiary/aromatic N) is 2. The highest BCUT2D eigenvalue weighted by Gasteiger charge is 2.16. The van der Waals surface area contributed by atoms with Gasteiger partial charge in [0, 0.05) is 29.6 Å². The minimum atomic E-state index is 0.978. The lowest BCUT2D eigenvalue weighted by Crippen LogP contribution is -2.19. The van der Waals surface area contributed by atoms with Crippen molar-refractivity contribution in [2.45, 2.75) is 51.4 Å². The zero-order valence-corrected chi connectivity index (χ0v) is 14.5. The normalized spacial score (nSPS) is 18.0. The van der Waals surface area contributed by atoms with Crippen molar-refractivity contribution in [2.75, 3.05) is 19.6 Å². The SMILES string of the molecule is C(#Cc1c2c(nc3ccccc13)CCCCC2)CCN1CCCC1. The summed E-state index contributed by atoms with van der Waals surface area (Å²) in [5, 5.41) is 1.24. The smallest absolute Gasteiger partial charge is 0.0718 e. The Morgan fingerprint density at radius 1 is 0.958 bits per heavy atom. The van der Waals surface area contributed by atoms with Crippen LogP contribution >= 0.6 is 0 Å². The van der Waals surface area contributed by atoms with E-state index < -0.39 is 0 Å². The maximum atomic E-state index is 4.95. The van der Waals surface area contributed by atoms with Gasteiger partial charge in [-0.2, -0.15) is 0 Å². The van der Waals surface area contributed by atoms with Crippen molar-refractivity contribution in [2.24, 2.45) is 0 Å². The number of likely N-dealkylation sites (tertiary alicyclic amines) is 1. The standard InChI is InChI=1S/C22H26N2/c1-2-11-19-18(10-6-7-15-24-16-8-9-17-24)20-12-4-5-14-22(20)23-21(19)13-3-1/h4-5,12,14H,1-3,7-9,11,13,15-17H2. The van der Waals surface area contributed by atoms with Crippen LogP contribution in [0.5, 0.6) is 0 Å². The highest BCUT2D eigenvalue weighted by molar-refractivity contribution is 5.86. The van der Waals surface area contributed by atoms with Gasteiger partial charge in [0.25, 0.3) is 0 Å². The Bertz CT molecular complexity index is 776. The number of fused-ring (bicyclic) bond motifs is 2. The van der Waals surface area contributed by atoms with E-state index in [1.807, 2.05) is 0 Å². The van der Waals surface area contributed by atoms with Crippen LogP contribution in [0.2, 0.25) is 0 Å². The average molecular weight is 318 g/mol. The Kier molecular flexibility index (Phi) is 4.81. The van der Waals surface area contributed by atoms with Gasteiger partial charge in [-0.15, -0.1) is 0 Å². The molecule has 2 heteroatoms. The van der Waals surface area contributed by atoms with Crippen LogP contribution in [0, 0.1) is 11.8 Å². The maximum absolute atomic E-state index is 4.95. The van der Waals surface area contributed by atoms with E-state index in [1.54, 1.807) is 0 Å². The number of benzene rings is 1.